The van der Waals surface area contributed by atoms with Gasteiger partial charge in [-0.1, -0.05) is 36.0 Å². The summed E-state index contributed by atoms with van der Waals surface area (Å²) in [6.45, 7) is 7.80. The summed E-state index contributed by atoms with van der Waals surface area (Å²) in [5.74, 6) is 0.695. The number of amides is 1. The number of carbonyl (C=O) groups excluding carboxylic acids is 1. The second-order valence-electron chi connectivity index (χ2n) is 4.39. The lowest BCUT2D eigenvalue weighted by Gasteiger charge is -2.12. The minimum Gasteiger partial charge on any atom is -0.352 e. The van der Waals surface area contributed by atoms with Gasteiger partial charge in [-0.25, -0.2) is 9.97 Å². The fraction of sp³-hybridized carbons (Fsp3) is 0.267. The topological polar surface area (TPSA) is 54.9 Å². The smallest absolute Gasteiger partial charge is 0.233 e. The third kappa shape index (κ3) is 3.36. The summed E-state index contributed by atoms with van der Waals surface area (Å²) in [6.07, 6.45) is 1.67. The predicted molar refractivity (Wildman–Crippen MR) is 82.8 cm³/mol. The Hall–Kier alpha value is -1.88. The van der Waals surface area contributed by atoms with E-state index in [1.54, 1.807) is 6.08 Å². The van der Waals surface area contributed by atoms with Crippen LogP contribution in [0, 0.1) is 6.92 Å². The fourth-order valence-corrected chi connectivity index (χ4v) is 2.80. The fourth-order valence-electron chi connectivity index (χ4n) is 1.79. The van der Waals surface area contributed by atoms with Gasteiger partial charge in [-0.05, 0) is 19.9 Å². The van der Waals surface area contributed by atoms with Gasteiger partial charge in [0.15, 0.2) is 0 Å². The number of nitrogens with zero attached hydrogens (tertiary/aromatic N) is 2. The molecule has 1 atom stereocenters. The molecule has 1 N–H and O–H groups in total. The molecule has 0 bridgehead atoms. The molecule has 1 amide bonds. The van der Waals surface area contributed by atoms with Crippen LogP contribution in [-0.4, -0.2) is 27.7 Å². The molecule has 0 aliphatic heterocycles. The van der Waals surface area contributed by atoms with Gasteiger partial charge in [0.05, 0.1) is 10.8 Å². The predicted octanol–water partition coefficient (Wildman–Crippen LogP) is 2.72. The summed E-state index contributed by atoms with van der Waals surface area (Å²) >= 11 is 1.45. The monoisotopic (exact) mass is 287 g/mol. The van der Waals surface area contributed by atoms with Gasteiger partial charge in [0.2, 0.25) is 5.91 Å². The number of carbonyl (C=O) groups is 1. The van der Waals surface area contributed by atoms with E-state index < -0.39 is 0 Å². The van der Waals surface area contributed by atoms with Crippen LogP contribution in [0.5, 0.6) is 0 Å². The van der Waals surface area contributed by atoms with Gasteiger partial charge in [0.1, 0.15) is 10.9 Å². The number of thioether (sulfide) groups is 1. The Bertz CT molecular complexity index is 642. The van der Waals surface area contributed by atoms with Crippen molar-refractivity contribution in [1.29, 1.82) is 0 Å². The highest BCUT2D eigenvalue weighted by molar-refractivity contribution is 8.00. The van der Waals surface area contributed by atoms with Crippen molar-refractivity contribution in [2.45, 2.75) is 24.1 Å². The zero-order chi connectivity index (χ0) is 14.5. The van der Waals surface area contributed by atoms with Crippen molar-refractivity contribution in [2.24, 2.45) is 0 Å². The molecular weight excluding hydrogens is 270 g/mol. The largest absolute Gasteiger partial charge is 0.352 e. The average Bonchev–Trinajstić information content (AvgIpc) is 2.44. The van der Waals surface area contributed by atoms with Crippen molar-refractivity contribution in [3.8, 4) is 0 Å². The molecule has 2 rings (SSSR count). The highest BCUT2D eigenvalue weighted by Gasteiger charge is 2.16. The number of nitrogens with one attached hydrogen (secondary N) is 1. The van der Waals surface area contributed by atoms with Crippen LogP contribution in [0.4, 0.5) is 0 Å². The Labute approximate surface area is 122 Å². The third-order valence-electron chi connectivity index (χ3n) is 2.76. The normalized spacial score (nSPS) is 12.1. The van der Waals surface area contributed by atoms with Gasteiger partial charge in [-0.2, -0.15) is 0 Å². The summed E-state index contributed by atoms with van der Waals surface area (Å²) in [7, 11) is 0. The Kier molecular flexibility index (Phi) is 4.74. The molecule has 0 spiro atoms. The molecule has 0 saturated carbocycles. The standard InChI is InChI=1S/C15H17N3OS/c1-4-9-16-14(19)10(2)20-15-12-7-5-6-8-13(12)17-11(3)18-15/h4-8,10H,1,9H2,2-3H3,(H,16,19)/t10-/m1/s1. The maximum Gasteiger partial charge on any atom is 0.233 e. The molecule has 1 heterocycles. The van der Waals surface area contributed by atoms with Crippen LogP contribution in [0.1, 0.15) is 12.7 Å². The second kappa shape index (κ2) is 6.52. The molecule has 1 aromatic carbocycles. The quantitative estimate of drug-likeness (QED) is 0.522. The molecule has 20 heavy (non-hydrogen) atoms. The molecule has 0 saturated heterocycles. The highest BCUT2D eigenvalue weighted by Crippen LogP contribution is 2.28. The Morgan fingerprint density at radius 2 is 2.20 bits per heavy atom. The SMILES string of the molecule is C=CCNC(=O)[C@@H](C)Sc1nc(C)nc2ccccc12. The van der Waals surface area contributed by atoms with Crippen LogP contribution in [0.15, 0.2) is 41.9 Å². The van der Waals surface area contributed by atoms with E-state index in [9.17, 15) is 4.79 Å². The Morgan fingerprint density at radius 1 is 1.45 bits per heavy atom. The minimum absolute atomic E-state index is 0.0183. The first-order valence-electron chi connectivity index (χ1n) is 6.40. The average molecular weight is 287 g/mol. The first-order valence-corrected chi connectivity index (χ1v) is 7.28. The maximum atomic E-state index is 11.9. The van der Waals surface area contributed by atoms with Gasteiger partial charge in [0.25, 0.3) is 0 Å². The van der Waals surface area contributed by atoms with Crippen LogP contribution < -0.4 is 5.32 Å². The number of rotatable bonds is 5. The number of aromatic nitrogens is 2. The van der Waals surface area contributed by atoms with Crippen molar-refractivity contribution >= 4 is 28.6 Å². The van der Waals surface area contributed by atoms with Crippen molar-refractivity contribution < 1.29 is 4.79 Å². The number of aryl methyl sites for hydroxylation is 1. The summed E-state index contributed by atoms with van der Waals surface area (Å²) in [5, 5.41) is 4.40. The lowest BCUT2D eigenvalue weighted by molar-refractivity contribution is -0.120. The molecular formula is C15H17N3OS. The molecule has 0 unspecified atom stereocenters. The molecule has 1 aromatic heterocycles. The molecule has 5 heteroatoms. The molecule has 0 fully saturated rings. The number of hydrogen-bond donors (Lipinski definition) is 1. The Morgan fingerprint density at radius 3 is 2.95 bits per heavy atom. The van der Waals surface area contributed by atoms with E-state index in [1.165, 1.54) is 11.8 Å². The van der Waals surface area contributed by atoms with E-state index in [1.807, 2.05) is 38.1 Å². The number of para-hydroxylation sites is 1. The van der Waals surface area contributed by atoms with E-state index in [0.29, 0.717) is 12.4 Å². The number of benzene rings is 1. The van der Waals surface area contributed by atoms with Crippen molar-refractivity contribution in [1.82, 2.24) is 15.3 Å². The lowest BCUT2D eigenvalue weighted by Crippen LogP contribution is -2.30. The third-order valence-corrected chi connectivity index (χ3v) is 3.86. The highest BCUT2D eigenvalue weighted by atomic mass is 32.2. The first-order chi connectivity index (χ1) is 9.61. The van der Waals surface area contributed by atoms with Crippen molar-refractivity contribution in [3.63, 3.8) is 0 Å². The molecule has 0 radical (unpaired) electrons. The van der Waals surface area contributed by atoms with Crippen LogP contribution >= 0.6 is 11.8 Å². The van der Waals surface area contributed by atoms with Crippen molar-refractivity contribution in [2.75, 3.05) is 6.54 Å². The lowest BCUT2D eigenvalue weighted by atomic mass is 10.2. The maximum absolute atomic E-state index is 11.9. The van der Waals surface area contributed by atoms with E-state index >= 15 is 0 Å². The van der Waals surface area contributed by atoms with E-state index in [2.05, 4.69) is 21.9 Å². The molecule has 2 aromatic rings. The van der Waals surface area contributed by atoms with Crippen LogP contribution in [0.25, 0.3) is 10.9 Å². The Balaban J connectivity index is 2.24. The van der Waals surface area contributed by atoms with Gasteiger partial charge in [-0.3, -0.25) is 4.79 Å². The zero-order valence-electron chi connectivity index (χ0n) is 11.6. The molecule has 104 valence electrons. The van der Waals surface area contributed by atoms with E-state index in [4.69, 9.17) is 0 Å². The number of hydrogen-bond acceptors (Lipinski definition) is 4. The summed E-state index contributed by atoms with van der Waals surface area (Å²) in [4.78, 5) is 20.8. The van der Waals surface area contributed by atoms with Gasteiger partial charge < -0.3 is 5.32 Å². The van der Waals surface area contributed by atoms with Crippen LogP contribution in [0.2, 0.25) is 0 Å². The molecule has 0 aliphatic rings. The van der Waals surface area contributed by atoms with E-state index in [-0.39, 0.29) is 11.2 Å². The number of fused-ring (bicyclic) bond motifs is 1. The van der Waals surface area contributed by atoms with Gasteiger partial charge in [-0.15, -0.1) is 6.58 Å². The van der Waals surface area contributed by atoms with E-state index in [0.717, 1.165) is 15.9 Å². The molecule has 0 aliphatic carbocycles. The summed E-state index contributed by atoms with van der Waals surface area (Å²) in [5.41, 5.74) is 0.904. The zero-order valence-corrected chi connectivity index (χ0v) is 12.4. The first kappa shape index (κ1) is 14.5. The van der Waals surface area contributed by atoms with Crippen LogP contribution in [0.3, 0.4) is 0 Å². The summed E-state index contributed by atoms with van der Waals surface area (Å²) < 4.78 is 0. The van der Waals surface area contributed by atoms with Gasteiger partial charge in [0, 0.05) is 11.9 Å². The second-order valence-corrected chi connectivity index (χ2v) is 5.72. The molecule has 4 nitrogen and oxygen atoms in total. The summed E-state index contributed by atoms with van der Waals surface area (Å²) in [6, 6.07) is 7.83. The van der Waals surface area contributed by atoms with Crippen molar-refractivity contribution in [3.05, 3.63) is 42.7 Å². The minimum atomic E-state index is -0.215. The van der Waals surface area contributed by atoms with Crippen LogP contribution in [-0.2, 0) is 4.79 Å². The van der Waals surface area contributed by atoms with Gasteiger partial charge >= 0.3 is 0 Å².